The molecule has 3 saturated heterocycles. The maximum Gasteiger partial charge on any atom is 0.330 e. The van der Waals surface area contributed by atoms with Crippen molar-refractivity contribution in [2.45, 2.75) is 181 Å². The van der Waals surface area contributed by atoms with E-state index in [0.717, 1.165) is 0 Å². The molecule has 348 valence electrons. The van der Waals surface area contributed by atoms with Gasteiger partial charge >= 0.3 is 17.9 Å². The Morgan fingerprint density at radius 1 is 0.574 bits per heavy atom. The number of hydrogen-bond donors (Lipinski definition) is 12. The molecule has 3 saturated carbocycles. The van der Waals surface area contributed by atoms with Gasteiger partial charge in [-0.2, -0.15) is 0 Å². The highest BCUT2D eigenvalue weighted by Gasteiger charge is 2.55. The van der Waals surface area contributed by atoms with Crippen LogP contribution in [0, 0.1) is 17.8 Å². The molecule has 6 aliphatic rings. The van der Waals surface area contributed by atoms with Gasteiger partial charge in [0.2, 0.25) is 0 Å². The second-order valence-electron chi connectivity index (χ2n) is 17.2. The van der Waals surface area contributed by atoms with Crippen LogP contribution in [0.4, 0.5) is 0 Å². The molecule has 0 aromatic heterocycles. The lowest BCUT2D eigenvalue weighted by atomic mass is 9.72. The number of aliphatic hydroxyl groups excluding tert-OH is 11. The van der Waals surface area contributed by atoms with Crippen molar-refractivity contribution < 1.29 is 109 Å². The predicted octanol–water partition coefficient (Wildman–Crippen LogP) is -4.54. The fraction of sp³-hybridized carbons (Fsp3) is 0.872. The summed E-state index contributed by atoms with van der Waals surface area (Å²) in [5, 5.41) is 126. The number of carboxylic acid groups (broad SMARTS) is 1. The summed E-state index contributed by atoms with van der Waals surface area (Å²) >= 11 is 0. The SMILES string of the molecule is O=C(O)CC(=O)OCC1OC(OC2CC(O)CC3OC(C4CC(O)C(O)C(O)C4)C(OC4OC(COC(=O)C=CC5CCC(O)CC5)C(O)C(O)C4O)CC23)C(O)C(O)C1O. The van der Waals surface area contributed by atoms with Crippen LogP contribution in [0.25, 0.3) is 0 Å². The summed E-state index contributed by atoms with van der Waals surface area (Å²) in [7, 11) is 0. The molecule has 0 bridgehead atoms. The number of carboxylic acids is 1. The summed E-state index contributed by atoms with van der Waals surface area (Å²) in [5.41, 5.74) is 0. The molecule has 12 N–H and O–H groups in total. The van der Waals surface area contributed by atoms with Crippen molar-refractivity contribution in [2.75, 3.05) is 13.2 Å². The third-order valence-corrected chi connectivity index (χ3v) is 12.8. The fourth-order valence-electron chi connectivity index (χ4n) is 9.35. The molecule has 61 heavy (non-hydrogen) atoms. The summed E-state index contributed by atoms with van der Waals surface area (Å²) in [4.78, 5) is 35.4. The summed E-state index contributed by atoms with van der Waals surface area (Å²) in [6.07, 6.45) is -22.4. The van der Waals surface area contributed by atoms with Crippen LogP contribution in [0.15, 0.2) is 12.2 Å². The van der Waals surface area contributed by atoms with Crippen LogP contribution in [-0.2, 0) is 47.5 Å². The van der Waals surface area contributed by atoms with Gasteiger partial charge in [-0.3, -0.25) is 9.59 Å². The molecule has 3 aliphatic heterocycles. The number of aliphatic carboxylic acids is 1. The van der Waals surface area contributed by atoms with Crippen molar-refractivity contribution in [3.05, 3.63) is 12.2 Å². The number of fused-ring (bicyclic) bond motifs is 1. The van der Waals surface area contributed by atoms with Gasteiger partial charge in [0, 0.05) is 18.4 Å². The molecule has 0 radical (unpaired) electrons. The van der Waals surface area contributed by atoms with Gasteiger partial charge in [-0.25, -0.2) is 4.79 Å². The van der Waals surface area contributed by atoms with Crippen LogP contribution in [-0.4, -0.2) is 209 Å². The van der Waals surface area contributed by atoms with Crippen LogP contribution in [0.5, 0.6) is 0 Å². The lowest BCUT2D eigenvalue weighted by molar-refractivity contribution is -0.345. The van der Waals surface area contributed by atoms with Gasteiger partial charge < -0.3 is 94.4 Å². The number of rotatable bonds is 13. The van der Waals surface area contributed by atoms with Crippen LogP contribution >= 0.6 is 0 Å². The molecule has 0 spiro atoms. The fourth-order valence-corrected chi connectivity index (χ4v) is 9.35. The Labute approximate surface area is 350 Å². The highest BCUT2D eigenvalue weighted by atomic mass is 16.7. The van der Waals surface area contributed by atoms with Crippen LogP contribution in [0.3, 0.4) is 0 Å². The van der Waals surface area contributed by atoms with Crippen LogP contribution in [0.2, 0.25) is 0 Å². The minimum absolute atomic E-state index is 0.0178. The highest BCUT2D eigenvalue weighted by molar-refractivity contribution is 5.90. The van der Waals surface area contributed by atoms with Gasteiger partial charge in [-0.05, 0) is 63.2 Å². The Morgan fingerprint density at radius 2 is 1.13 bits per heavy atom. The third kappa shape index (κ3) is 11.8. The van der Waals surface area contributed by atoms with E-state index in [1.54, 1.807) is 6.08 Å². The Balaban J connectivity index is 1.17. The second kappa shape index (κ2) is 21.0. The molecule has 6 rings (SSSR count). The van der Waals surface area contributed by atoms with Crippen LogP contribution in [0.1, 0.15) is 64.2 Å². The van der Waals surface area contributed by atoms with Gasteiger partial charge in [-0.1, -0.05) is 6.08 Å². The van der Waals surface area contributed by atoms with Crippen molar-refractivity contribution in [2.24, 2.45) is 17.8 Å². The van der Waals surface area contributed by atoms with Crippen molar-refractivity contribution in [3.8, 4) is 0 Å². The summed E-state index contributed by atoms with van der Waals surface area (Å²) in [6.45, 7) is -1.26. The van der Waals surface area contributed by atoms with E-state index in [1.165, 1.54) is 6.08 Å². The topological polar surface area (TPSA) is 359 Å². The first-order chi connectivity index (χ1) is 28.9. The Kier molecular flexibility index (Phi) is 16.5. The van der Waals surface area contributed by atoms with E-state index in [4.69, 9.17) is 38.3 Å². The minimum atomic E-state index is -1.88. The molecule has 18 unspecified atom stereocenters. The Morgan fingerprint density at radius 3 is 1.70 bits per heavy atom. The quantitative estimate of drug-likeness (QED) is 0.0471. The van der Waals surface area contributed by atoms with E-state index in [9.17, 15) is 70.6 Å². The van der Waals surface area contributed by atoms with E-state index in [0.29, 0.717) is 25.7 Å². The van der Waals surface area contributed by atoms with Gasteiger partial charge in [-0.15, -0.1) is 0 Å². The number of esters is 2. The van der Waals surface area contributed by atoms with Crippen LogP contribution < -0.4 is 0 Å². The number of carbonyl (C=O) groups is 3. The van der Waals surface area contributed by atoms with Gasteiger partial charge in [0.15, 0.2) is 12.6 Å². The highest BCUT2D eigenvalue weighted by Crippen LogP contribution is 2.45. The third-order valence-electron chi connectivity index (χ3n) is 12.8. The molecule has 18 atom stereocenters. The maximum absolute atomic E-state index is 12.6. The molecular formula is C39H60O22. The average molecular weight is 881 g/mol. The molecular weight excluding hydrogens is 820 g/mol. The minimum Gasteiger partial charge on any atom is -0.481 e. The first-order valence-electron chi connectivity index (χ1n) is 20.9. The molecule has 0 aromatic carbocycles. The van der Waals surface area contributed by atoms with E-state index >= 15 is 0 Å². The van der Waals surface area contributed by atoms with E-state index in [2.05, 4.69) is 0 Å². The van der Waals surface area contributed by atoms with Gasteiger partial charge in [0.1, 0.15) is 74.6 Å². The van der Waals surface area contributed by atoms with Crippen molar-refractivity contribution in [1.82, 2.24) is 0 Å². The molecule has 0 aromatic rings. The standard InChI is InChI=1S/C39H60O22/c40-17-4-1-15(2-5-17)3-6-28(46)55-13-25-31(49)34(52)36(54)39(61-25)59-24-11-19-22(57-37(24)16-7-20(42)30(48)21(43)8-16)9-18(41)10-23(19)58-38-35(53)33(51)32(50)26(60-38)14-56-29(47)12-27(44)45/h3,6,15-26,30-43,48-54H,1-2,4-5,7-14H2,(H,44,45). The average Bonchev–Trinajstić information content (AvgIpc) is 3.21. The molecule has 6 fully saturated rings. The molecule has 22 nitrogen and oxygen atoms in total. The van der Waals surface area contributed by atoms with Gasteiger partial charge in [0.05, 0.1) is 48.8 Å². The van der Waals surface area contributed by atoms with Gasteiger partial charge in [0.25, 0.3) is 0 Å². The number of allylic oxidation sites excluding steroid dienone is 1. The smallest absolute Gasteiger partial charge is 0.330 e. The maximum atomic E-state index is 12.6. The first-order valence-corrected chi connectivity index (χ1v) is 20.9. The first kappa shape index (κ1) is 48.0. The molecule has 22 heteroatoms. The monoisotopic (exact) mass is 880 g/mol. The van der Waals surface area contributed by atoms with Crippen molar-refractivity contribution in [3.63, 3.8) is 0 Å². The number of hydrogen-bond acceptors (Lipinski definition) is 21. The Hall–Kier alpha value is -2.49. The van der Waals surface area contributed by atoms with E-state index < -0.39 is 160 Å². The van der Waals surface area contributed by atoms with Crippen molar-refractivity contribution >= 4 is 17.9 Å². The molecule has 3 heterocycles. The number of carbonyl (C=O) groups excluding carboxylic acids is 2. The molecule has 3 aliphatic carbocycles. The van der Waals surface area contributed by atoms with E-state index in [-0.39, 0.29) is 44.1 Å². The lowest BCUT2D eigenvalue weighted by Crippen LogP contribution is -2.63. The lowest BCUT2D eigenvalue weighted by Gasteiger charge is -2.52. The zero-order chi connectivity index (χ0) is 44.3. The summed E-state index contributed by atoms with van der Waals surface area (Å²) in [5.74, 6) is -4.71. The zero-order valence-electron chi connectivity index (χ0n) is 33.3. The normalized spacial score (nSPS) is 47.0. The number of aliphatic hydroxyl groups is 11. The van der Waals surface area contributed by atoms with E-state index in [1.807, 2.05) is 0 Å². The zero-order valence-corrected chi connectivity index (χ0v) is 33.3. The largest absolute Gasteiger partial charge is 0.481 e. The second-order valence-corrected chi connectivity index (χ2v) is 17.2. The summed E-state index contributed by atoms with van der Waals surface area (Å²) < 4.78 is 40.8. The summed E-state index contributed by atoms with van der Waals surface area (Å²) in [6, 6.07) is 0. The Bertz CT molecular complexity index is 1480. The van der Waals surface area contributed by atoms with Crippen molar-refractivity contribution in [1.29, 1.82) is 0 Å². The number of ether oxygens (including phenoxy) is 7. The molecule has 0 amide bonds. The predicted molar refractivity (Wildman–Crippen MR) is 197 cm³/mol.